The number of aromatic nitrogens is 3. The Morgan fingerprint density at radius 1 is 1.11 bits per heavy atom. The van der Waals surface area contributed by atoms with Gasteiger partial charge in [0.05, 0.1) is 23.0 Å². The van der Waals surface area contributed by atoms with Crippen molar-refractivity contribution in [1.82, 2.24) is 24.3 Å². The number of carbonyl (C=O) groups is 2. The molecule has 1 aromatic carbocycles. The molecule has 0 unspecified atom stereocenters. The van der Waals surface area contributed by atoms with Gasteiger partial charge in [0.15, 0.2) is 5.15 Å². The fourth-order valence-electron chi connectivity index (χ4n) is 7.90. The molecular weight excluding hydrogens is 607 g/mol. The van der Waals surface area contributed by atoms with Crippen molar-refractivity contribution in [2.24, 2.45) is 0 Å². The second-order valence-corrected chi connectivity index (χ2v) is 15.2. The zero-order valence-electron chi connectivity index (χ0n) is 27.4. The number of alkyl halides is 1. The van der Waals surface area contributed by atoms with Crippen LogP contribution in [0.5, 0.6) is 0 Å². The Bertz CT molecular complexity index is 1670. The van der Waals surface area contributed by atoms with E-state index in [0.717, 1.165) is 53.7 Å². The number of hydrogen-bond acceptors (Lipinski definition) is 6. The predicted molar refractivity (Wildman–Crippen MR) is 177 cm³/mol. The van der Waals surface area contributed by atoms with Gasteiger partial charge in [-0.05, 0) is 97.4 Å². The van der Waals surface area contributed by atoms with Gasteiger partial charge in [-0.3, -0.25) is 9.69 Å². The molecule has 4 aliphatic rings. The van der Waals surface area contributed by atoms with Gasteiger partial charge in [-0.1, -0.05) is 23.7 Å². The Kier molecular flexibility index (Phi) is 7.82. The molecule has 46 heavy (non-hydrogen) atoms. The topological polar surface area (TPSA) is 83.8 Å². The summed E-state index contributed by atoms with van der Waals surface area (Å²) in [5.41, 5.74) is 3.78. The summed E-state index contributed by atoms with van der Waals surface area (Å²) in [6.45, 7) is 12.0. The number of amides is 2. The molecule has 2 aromatic heterocycles. The molecule has 0 bridgehead atoms. The van der Waals surface area contributed by atoms with E-state index < -0.39 is 17.2 Å². The van der Waals surface area contributed by atoms with E-state index in [9.17, 15) is 14.0 Å². The quantitative estimate of drug-likeness (QED) is 0.285. The van der Waals surface area contributed by atoms with Crippen LogP contribution < -0.4 is 4.90 Å². The van der Waals surface area contributed by atoms with E-state index in [0.29, 0.717) is 49.7 Å². The molecule has 3 fully saturated rings. The number of fused-ring (bicyclic) bond motifs is 3. The summed E-state index contributed by atoms with van der Waals surface area (Å²) in [5.74, 6) is 0.103. The highest BCUT2D eigenvalue weighted by atomic mass is 35.5. The van der Waals surface area contributed by atoms with Gasteiger partial charge in [0, 0.05) is 49.0 Å². The third kappa shape index (κ3) is 5.35. The first-order chi connectivity index (χ1) is 21.8. The van der Waals surface area contributed by atoms with Crippen molar-refractivity contribution < 1.29 is 18.7 Å². The summed E-state index contributed by atoms with van der Waals surface area (Å²) in [6, 6.07) is 8.66. The minimum atomic E-state index is -0.772. The maximum absolute atomic E-state index is 14.6. The first-order valence-corrected chi connectivity index (χ1v) is 17.1. The lowest BCUT2D eigenvalue weighted by Crippen LogP contribution is -2.59. The molecule has 246 valence electrons. The summed E-state index contributed by atoms with van der Waals surface area (Å²) < 4.78 is 21.9. The number of piperidine rings is 2. The maximum Gasteiger partial charge on any atom is 0.410 e. The van der Waals surface area contributed by atoms with E-state index in [-0.39, 0.29) is 30.1 Å². The van der Waals surface area contributed by atoms with E-state index in [4.69, 9.17) is 21.3 Å². The maximum atomic E-state index is 14.6. The molecule has 0 N–H and O–H groups in total. The Hall–Kier alpha value is -3.24. The van der Waals surface area contributed by atoms with Crippen molar-refractivity contribution in [2.45, 2.75) is 108 Å². The van der Waals surface area contributed by atoms with Crippen molar-refractivity contribution in [3.05, 3.63) is 41.3 Å². The molecular formula is C35H44ClFN6O3. The molecule has 7 rings (SSSR count). The zero-order valence-corrected chi connectivity index (χ0v) is 28.2. The molecule has 2 amide bonds. The van der Waals surface area contributed by atoms with E-state index in [2.05, 4.69) is 35.9 Å². The highest BCUT2D eigenvalue weighted by Gasteiger charge is 2.56. The molecule has 2 saturated heterocycles. The number of pyridine rings is 1. The van der Waals surface area contributed by atoms with Crippen LogP contribution in [0, 0.1) is 0 Å². The van der Waals surface area contributed by atoms with Crippen molar-refractivity contribution in [1.29, 1.82) is 0 Å². The van der Waals surface area contributed by atoms with Crippen LogP contribution in [0.4, 0.5) is 14.9 Å². The van der Waals surface area contributed by atoms with Crippen LogP contribution in [0.1, 0.15) is 84.7 Å². The normalized spacial score (nSPS) is 25.0. The fourth-order valence-corrected chi connectivity index (χ4v) is 8.18. The first-order valence-electron chi connectivity index (χ1n) is 16.7. The van der Waals surface area contributed by atoms with Gasteiger partial charge in [-0.25, -0.2) is 19.2 Å². The smallest absolute Gasteiger partial charge is 0.410 e. The molecule has 9 nitrogen and oxygen atoms in total. The minimum Gasteiger partial charge on any atom is -0.444 e. The van der Waals surface area contributed by atoms with Crippen LogP contribution in [-0.4, -0.2) is 86.4 Å². The van der Waals surface area contributed by atoms with Crippen molar-refractivity contribution in [3.63, 3.8) is 0 Å². The van der Waals surface area contributed by atoms with Gasteiger partial charge in [0.25, 0.3) is 0 Å². The Morgan fingerprint density at radius 2 is 1.85 bits per heavy atom. The molecule has 11 heteroatoms. The molecule has 1 aliphatic carbocycles. The van der Waals surface area contributed by atoms with Gasteiger partial charge >= 0.3 is 6.09 Å². The number of anilines is 1. The summed E-state index contributed by atoms with van der Waals surface area (Å²) in [5, 5.41) is 0.396. The Balaban J connectivity index is 1.21. The number of carbonyl (C=O) groups excluding carboxylic acids is 2. The van der Waals surface area contributed by atoms with Crippen LogP contribution in [-0.2, 0) is 14.9 Å². The first kappa shape index (κ1) is 31.4. The summed E-state index contributed by atoms with van der Waals surface area (Å²) >= 11 is 6.74. The summed E-state index contributed by atoms with van der Waals surface area (Å²) in [6.07, 6.45) is 4.91. The van der Waals surface area contributed by atoms with Crippen molar-refractivity contribution >= 4 is 40.3 Å². The molecule has 1 spiro atoms. The molecule has 3 aromatic rings. The van der Waals surface area contributed by atoms with Crippen molar-refractivity contribution in [2.75, 3.05) is 31.1 Å². The van der Waals surface area contributed by atoms with Crippen molar-refractivity contribution in [3.8, 4) is 11.3 Å². The number of nitrogens with zero attached hydrogens (tertiary/aromatic N) is 6. The van der Waals surface area contributed by atoms with Gasteiger partial charge in [-0.2, -0.15) is 0 Å². The fraction of sp³-hybridized carbons (Fsp3) is 0.600. The molecule has 1 atom stereocenters. The lowest BCUT2D eigenvalue weighted by atomic mass is 9.73. The molecule has 0 radical (unpaired) electrons. The second-order valence-electron chi connectivity index (χ2n) is 14.9. The number of likely N-dealkylation sites (tertiary alicyclic amines) is 2. The summed E-state index contributed by atoms with van der Waals surface area (Å²) in [4.78, 5) is 42.9. The average Bonchev–Trinajstić information content (AvgIpc) is 3.51. The number of ether oxygens (including phenoxy) is 1. The van der Waals surface area contributed by atoms with Crippen LogP contribution in [0.25, 0.3) is 22.3 Å². The van der Waals surface area contributed by atoms with E-state index in [1.54, 1.807) is 11.2 Å². The lowest BCUT2D eigenvalue weighted by molar-refractivity contribution is -0.126. The predicted octanol–water partition coefficient (Wildman–Crippen LogP) is 6.91. The Morgan fingerprint density at radius 3 is 2.52 bits per heavy atom. The Labute approximate surface area is 275 Å². The average molecular weight is 651 g/mol. The van der Waals surface area contributed by atoms with Crippen LogP contribution in [0.15, 0.2) is 30.6 Å². The third-order valence-corrected chi connectivity index (χ3v) is 10.7. The zero-order chi connectivity index (χ0) is 32.5. The highest BCUT2D eigenvalue weighted by molar-refractivity contribution is 6.34. The van der Waals surface area contributed by atoms with Gasteiger partial charge in [0.2, 0.25) is 5.91 Å². The highest BCUT2D eigenvalue weighted by Crippen LogP contribution is 2.52. The SMILES string of the molecule is CC(C)n1cnc2cc(-c3ccc4c(c3)N(C3CC(N5CCC[C@H](F)C5)C3)C(=O)C43CCN(C(=O)OC(C)(C)C)CC3)nc(Cl)c21. The monoisotopic (exact) mass is 650 g/mol. The van der Waals surface area contributed by atoms with E-state index >= 15 is 0 Å². The number of imidazole rings is 1. The van der Waals surface area contributed by atoms with Gasteiger partial charge in [0.1, 0.15) is 17.3 Å². The number of rotatable bonds is 4. The molecule has 3 aliphatic heterocycles. The van der Waals surface area contributed by atoms with Gasteiger partial charge < -0.3 is 19.1 Å². The minimum absolute atomic E-state index is 0.0375. The van der Waals surface area contributed by atoms with E-state index in [1.807, 2.05) is 42.4 Å². The second kappa shape index (κ2) is 11.5. The van der Waals surface area contributed by atoms with Gasteiger partial charge in [-0.15, -0.1) is 0 Å². The van der Waals surface area contributed by atoms with Crippen LogP contribution >= 0.6 is 11.6 Å². The standard InChI is InChI=1S/C35H44ClFN6O3/c1-21(2)42-20-38-28-18-27(39-31(36)30(28)42)22-8-9-26-29(15-22)43(25-16-24(17-25)41-12-6-7-23(37)19-41)32(44)35(26)10-13-40(14-11-35)33(45)46-34(3,4)5/h8-9,15,18,20-21,23-25H,6-7,10-14,16-17,19H2,1-5H3/t23-,24?,25?/m0/s1. The number of halogens is 2. The third-order valence-electron chi connectivity index (χ3n) is 10.4. The molecule has 1 saturated carbocycles. The van der Waals surface area contributed by atoms with Crippen LogP contribution in [0.3, 0.4) is 0 Å². The number of hydrogen-bond donors (Lipinski definition) is 0. The summed E-state index contributed by atoms with van der Waals surface area (Å²) in [7, 11) is 0. The number of benzene rings is 1. The largest absolute Gasteiger partial charge is 0.444 e. The molecule has 5 heterocycles. The van der Waals surface area contributed by atoms with E-state index in [1.165, 1.54) is 0 Å². The lowest BCUT2D eigenvalue weighted by Gasteiger charge is -2.48. The van der Waals surface area contributed by atoms with Crippen LogP contribution in [0.2, 0.25) is 5.15 Å².